The summed E-state index contributed by atoms with van der Waals surface area (Å²) in [6.07, 6.45) is 12.8. The van der Waals surface area contributed by atoms with Crippen molar-refractivity contribution in [1.29, 1.82) is 0 Å². The zero-order valence-electron chi connectivity index (χ0n) is 35.5. The molecule has 3 aliphatic carbocycles. The molecule has 2 bridgehead atoms. The standard InChI is InChI=1S/C44H62N8O6/c1-27(2)35(49(5)41(55)57-7)39(53)51-23-9-11-32(51)37-45-25-31(47-37)29-13-15-30(16-14-29)43-17-20-44(21-18-43,22-19-43)34-26-46-38(48-34)33-12-10-24-52(33)40(54)36(28(3)4)50(6)42(56)58-8/h13-16,25-28,32-33,35-36H,9-12,17-24H2,1-8H3,(H,45,47)(H,46,48)/t32-,33-,35-,36-,43?,44?/m0/s1. The molecule has 5 fully saturated rings. The Morgan fingerprint density at radius 3 is 1.60 bits per heavy atom. The molecule has 0 radical (unpaired) electrons. The molecule has 4 atom stereocenters. The Morgan fingerprint density at radius 2 is 1.14 bits per heavy atom. The third-order valence-corrected chi connectivity index (χ3v) is 14.0. The SMILES string of the molecule is COC(=O)N(C)[C@H](C(=O)N1CCC[C@H]1c1ncc(-c2ccc(C34CCC(c5cnc([C@@H]6CCCN6C(=O)[C@H](C(C)C)N(C)C(=O)OC)[nH]5)(CC3)CC4)cc2)[nH]1)C(C)C. The van der Waals surface area contributed by atoms with Crippen molar-refractivity contribution >= 4 is 24.0 Å². The molecule has 8 rings (SSSR count). The van der Waals surface area contributed by atoms with E-state index in [2.05, 4.69) is 34.2 Å². The summed E-state index contributed by atoms with van der Waals surface area (Å²) < 4.78 is 9.87. The van der Waals surface area contributed by atoms with Gasteiger partial charge in [0.1, 0.15) is 23.7 Å². The van der Waals surface area contributed by atoms with Gasteiger partial charge in [0.05, 0.1) is 38.2 Å². The van der Waals surface area contributed by atoms with Gasteiger partial charge in [-0.3, -0.25) is 19.4 Å². The molecule has 2 saturated heterocycles. The summed E-state index contributed by atoms with van der Waals surface area (Å²) in [5, 5.41) is 0. The van der Waals surface area contributed by atoms with Gasteiger partial charge >= 0.3 is 12.2 Å². The van der Waals surface area contributed by atoms with Crippen LogP contribution in [0.5, 0.6) is 0 Å². The number of hydrogen-bond acceptors (Lipinski definition) is 8. The summed E-state index contributed by atoms with van der Waals surface area (Å²) >= 11 is 0. The number of aromatic amines is 2. The van der Waals surface area contributed by atoms with Gasteiger partial charge in [0.2, 0.25) is 11.8 Å². The quantitative estimate of drug-likeness (QED) is 0.208. The molecule has 4 heterocycles. The van der Waals surface area contributed by atoms with E-state index in [9.17, 15) is 19.2 Å². The maximum absolute atomic E-state index is 13.9. The van der Waals surface area contributed by atoms with Crippen molar-refractivity contribution in [3.05, 3.63) is 59.6 Å². The van der Waals surface area contributed by atoms with Crippen LogP contribution in [0, 0.1) is 11.8 Å². The van der Waals surface area contributed by atoms with Gasteiger partial charge in [0.15, 0.2) is 0 Å². The van der Waals surface area contributed by atoms with Crippen molar-refractivity contribution in [2.45, 2.75) is 127 Å². The predicted octanol–water partition coefficient (Wildman–Crippen LogP) is 7.12. The van der Waals surface area contributed by atoms with Crippen molar-refractivity contribution in [3.63, 3.8) is 0 Å². The number of amides is 4. The van der Waals surface area contributed by atoms with Gasteiger partial charge < -0.3 is 29.2 Å². The topological polar surface area (TPSA) is 157 Å². The Hall–Kier alpha value is -4.88. The molecule has 0 spiro atoms. The lowest BCUT2D eigenvalue weighted by molar-refractivity contribution is -0.139. The van der Waals surface area contributed by atoms with E-state index in [4.69, 9.17) is 19.4 Å². The van der Waals surface area contributed by atoms with Crippen LogP contribution in [0.15, 0.2) is 36.7 Å². The van der Waals surface area contributed by atoms with Gasteiger partial charge in [-0.25, -0.2) is 19.6 Å². The van der Waals surface area contributed by atoms with Gasteiger partial charge in [-0.2, -0.15) is 0 Å². The fraction of sp³-hybridized carbons (Fsp3) is 0.636. The molecule has 3 saturated carbocycles. The van der Waals surface area contributed by atoms with Crippen molar-refractivity contribution in [3.8, 4) is 11.3 Å². The second-order valence-electron chi connectivity index (χ2n) is 17.9. The highest BCUT2D eigenvalue weighted by atomic mass is 16.5. The molecule has 1 aromatic carbocycles. The van der Waals surface area contributed by atoms with E-state index in [0.717, 1.165) is 87.1 Å². The Morgan fingerprint density at radius 1 is 0.690 bits per heavy atom. The van der Waals surface area contributed by atoms with E-state index in [1.165, 1.54) is 35.3 Å². The number of aromatic nitrogens is 4. The van der Waals surface area contributed by atoms with Crippen molar-refractivity contribution in [2.24, 2.45) is 11.8 Å². The van der Waals surface area contributed by atoms with Crippen molar-refractivity contribution in [2.75, 3.05) is 41.4 Å². The monoisotopic (exact) mass is 798 g/mol. The maximum Gasteiger partial charge on any atom is 0.409 e. The highest BCUT2D eigenvalue weighted by molar-refractivity contribution is 5.87. The summed E-state index contributed by atoms with van der Waals surface area (Å²) in [6.45, 7) is 9.08. The molecule has 5 aliphatic rings. The van der Waals surface area contributed by atoms with E-state index < -0.39 is 24.3 Å². The van der Waals surface area contributed by atoms with Crippen LogP contribution in [-0.2, 0) is 29.9 Å². The zero-order valence-corrected chi connectivity index (χ0v) is 35.5. The first-order valence-corrected chi connectivity index (χ1v) is 21.2. The number of rotatable bonds is 11. The molecule has 2 N–H and O–H groups in total. The summed E-state index contributed by atoms with van der Waals surface area (Å²) in [5.74, 6) is 1.32. The van der Waals surface area contributed by atoms with E-state index in [0.29, 0.717) is 13.1 Å². The molecule has 14 heteroatoms. The summed E-state index contributed by atoms with van der Waals surface area (Å²) in [7, 11) is 5.93. The molecule has 4 amide bonds. The van der Waals surface area contributed by atoms with E-state index in [1.807, 2.05) is 49.9 Å². The van der Waals surface area contributed by atoms with Crippen LogP contribution >= 0.6 is 0 Å². The molecule has 0 unspecified atom stereocenters. The molecule has 314 valence electrons. The first-order valence-electron chi connectivity index (χ1n) is 21.2. The van der Waals surface area contributed by atoms with Gasteiger partial charge in [-0.15, -0.1) is 0 Å². The van der Waals surface area contributed by atoms with Crippen LogP contribution in [0.4, 0.5) is 9.59 Å². The van der Waals surface area contributed by atoms with Gasteiger partial charge in [-0.1, -0.05) is 52.0 Å². The van der Waals surface area contributed by atoms with Gasteiger partial charge in [-0.05, 0) is 92.6 Å². The smallest absolute Gasteiger partial charge is 0.409 e. The summed E-state index contributed by atoms with van der Waals surface area (Å²) in [5.41, 5.74) is 4.74. The number of fused-ring (bicyclic) bond motifs is 3. The molecule has 2 aliphatic heterocycles. The van der Waals surface area contributed by atoms with Crippen LogP contribution in [0.25, 0.3) is 11.3 Å². The Labute approximate surface area is 342 Å². The Balaban J connectivity index is 1.00. The fourth-order valence-electron chi connectivity index (χ4n) is 10.7. The van der Waals surface area contributed by atoms with Crippen LogP contribution in [0.1, 0.15) is 127 Å². The summed E-state index contributed by atoms with van der Waals surface area (Å²) in [4.78, 5) is 76.0. The largest absolute Gasteiger partial charge is 0.453 e. The van der Waals surface area contributed by atoms with Gasteiger partial charge in [0, 0.05) is 44.5 Å². The molecular weight excluding hydrogens is 737 g/mol. The normalized spacial score (nSPS) is 25.3. The van der Waals surface area contributed by atoms with E-state index >= 15 is 0 Å². The van der Waals surface area contributed by atoms with E-state index in [-0.39, 0.29) is 46.6 Å². The number of likely N-dealkylation sites (N-methyl/N-ethyl adjacent to an activating group) is 2. The minimum Gasteiger partial charge on any atom is -0.453 e. The lowest BCUT2D eigenvalue weighted by atomic mass is 9.51. The first kappa shape index (κ1) is 41.3. The number of nitrogens with one attached hydrogen (secondary N) is 2. The maximum atomic E-state index is 13.9. The average Bonchev–Trinajstić information content (AvgIpc) is 4.07. The van der Waals surface area contributed by atoms with Crippen LogP contribution < -0.4 is 0 Å². The number of carbonyl (C=O) groups is 4. The highest BCUT2D eigenvalue weighted by Gasteiger charge is 2.51. The molecule has 2 aromatic heterocycles. The van der Waals surface area contributed by atoms with Crippen molar-refractivity contribution in [1.82, 2.24) is 39.5 Å². The molecule has 3 aromatic rings. The number of methoxy groups -OCH3 is 2. The van der Waals surface area contributed by atoms with Crippen molar-refractivity contribution < 1.29 is 28.7 Å². The number of H-pyrrole nitrogens is 2. The van der Waals surface area contributed by atoms with Gasteiger partial charge in [0.25, 0.3) is 0 Å². The minimum atomic E-state index is -0.622. The second kappa shape index (κ2) is 16.4. The number of likely N-dealkylation sites (tertiary alicyclic amines) is 2. The fourth-order valence-corrected chi connectivity index (χ4v) is 10.7. The molecule has 58 heavy (non-hydrogen) atoms. The number of ether oxygens (including phenoxy) is 2. The zero-order chi connectivity index (χ0) is 41.5. The number of nitrogens with zero attached hydrogens (tertiary/aromatic N) is 6. The van der Waals surface area contributed by atoms with Crippen LogP contribution in [-0.4, -0.2) is 117 Å². The lowest BCUT2D eigenvalue weighted by Crippen LogP contribution is -2.51. The third-order valence-electron chi connectivity index (χ3n) is 14.0. The van der Waals surface area contributed by atoms with Crippen LogP contribution in [0.3, 0.4) is 0 Å². The molecular formula is C44H62N8O6. The lowest BCUT2D eigenvalue weighted by Gasteiger charge is -2.53. The first-order chi connectivity index (χ1) is 27.7. The number of benzene rings is 1. The number of carbonyl (C=O) groups excluding carboxylic acids is 4. The minimum absolute atomic E-state index is 0.0533. The Kier molecular flexibility index (Phi) is 11.7. The molecule has 14 nitrogen and oxygen atoms in total. The summed E-state index contributed by atoms with van der Waals surface area (Å²) in [6, 6.07) is 7.41. The highest BCUT2D eigenvalue weighted by Crippen LogP contribution is 2.58. The van der Waals surface area contributed by atoms with Crippen LogP contribution in [0.2, 0.25) is 0 Å². The average molecular weight is 799 g/mol. The predicted molar refractivity (Wildman–Crippen MR) is 219 cm³/mol. The van der Waals surface area contributed by atoms with E-state index in [1.54, 1.807) is 14.1 Å². The number of imidazole rings is 2. The Bertz CT molecular complexity index is 1950. The second-order valence-corrected chi connectivity index (χ2v) is 17.9. The third kappa shape index (κ3) is 7.36. The number of hydrogen-bond donors (Lipinski definition) is 2.